The summed E-state index contributed by atoms with van der Waals surface area (Å²) in [5.41, 5.74) is 0.960. The molecule has 8 heteroatoms. The average Bonchev–Trinajstić information content (AvgIpc) is 3.43. The molecule has 4 saturated heterocycles. The molecule has 8 nitrogen and oxygen atoms in total. The molecule has 0 spiro atoms. The van der Waals surface area contributed by atoms with Crippen molar-refractivity contribution in [2.75, 3.05) is 39.9 Å². The van der Waals surface area contributed by atoms with Crippen LogP contribution in [0.1, 0.15) is 31.2 Å². The molecule has 4 fully saturated rings. The second kappa shape index (κ2) is 8.32. The zero-order valence-electron chi connectivity index (χ0n) is 17.6. The predicted octanol–water partition coefficient (Wildman–Crippen LogP) is 1.31. The monoisotopic (exact) mass is 417 g/mol. The van der Waals surface area contributed by atoms with E-state index in [1.165, 1.54) is 0 Å². The molecule has 30 heavy (non-hydrogen) atoms. The normalized spacial score (nSPS) is 32.3. The number of hydrogen-bond donors (Lipinski definition) is 0. The maximum absolute atomic E-state index is 13.6. The van der Waals surface area contributed by atoms with Crippen LogP contribution in [0.5, 0.6) is 0 Å². The minimum absolute atomic E-state index is 0.0371. The molecule has 5 rings (SSSR count). The van der Waals surface area contributed by atoms with E-state index < -0.39 is 0 Å². The fourth-order valence-corrected chi connectivity index (χ4v) is 5.90. The summed E-state index contributed by atoms with van der Waals surface area (Å²) in [5.74, 6) is 0.738. The van der Waals surface area contributed by atoms with Gasteiger partial charge in [-0.1, -0.05) is 0 Å². The summed E-state index contributed by atoms with van der Waals surface area (Å²) >= 11 is 0. The Morgan fingerprint density at radius 3 is 2.80 bits per heavy atom. The van der Waals surface area contributed by atoms with Gasteiger partial charge in [-0.3, -0.25) is 14.5 Å². The molecule has 2 bridgehead atoms. The van der Waals surface area contributed by atoms with Crippen molar-refractivity contribution in [2.45, 2.75) is 50.6 Å². The SMILES string of the molecule is CN(Cc1ccoc1)C(=O)[C@H]1[C@H]2C[C@H](CN(CC3OCCO3)C2)[C@@H]2CCCC(=O)N21. The van der Waals surface area contributed by atoms with Crippen LogP contribution in [0.25, 0.3) is 0 Å². The predicted molar refractivity (Wildman–Crippen MR) is 107 cm³/mol. The average molecular weight is 418 g/mol. The second-order valence-electron chi connectivity index (χ2n) is 9.18. The molecule has 4 aliphatic heterocycles. The van der Waals surface area contributed by atoms with Crippen molar-refractivity contribution < 1.29 is 23.5 Å². The number of likely N-dealkylation sites (tertiary alicyclic amines) is 1. The molecule has 0 N–H and O–H groups in total. The number of furan rings is 1. The molecule has 0 aliphatic carbocycles. The Morgan fingerprint density at radius 2 is 2.03 bits per heavy atom. The molecule has 1 aromatic heterocycles. The first-order chi connectivity index (χ1) is 14.6. The van der Waals surface area contributed by atoms with Gasteiger partial charge in [-0.25, -0.2) is 0 Å². The largest absolute Gasteiger partial charge is 0.472 e. The lowest BCUT2D eigenvalue weighted by molar-refractivity contribution is -0.166. The Morgan fingerprint density at radius 1 is 1.23 bits per heavy atom. The topological polar surface area (TPSA) is 75.5 Å². The molecule has 2 amide bonds. The van der Waals surface area contributed by atoms with Crippen molar-refractivity contribution >= 4 is 11.8 Å². The van der Waals surface area contributed by atoms with Crippen molar-refractivity contribution in [3.63, 3.8) is 0 Å². The van der Waals surface area contributed by atoms with E-state index in [1.807, 2.05) is 18.0 Å². The number of carbonyl (C=O) groups excluding carboxylic acids is 2. The number of hydrogen-bond acceptors (Lipinski definition) is 6. The summed E-state index contributed by atoms with van der Waals surface area (Å²) in [6.07, 6.45) is 6.58. The quantitative estimate of drug-likeness (QED) is 0.719. The molecule has 0 saturated carbocycles. The van der Waals surface area contributed by atoms with Crippen molar-refractivity contribution in [1.82, 2.24) is 14.7 Å². The third-order valence-electron chi connectivity index (χ3n) is 7.14. The van der Waals surface area contributed by atoms with Crippen molar-refractivity contribution in [3.05, 3.63) is 24.2 Å². The van der Waals surface area contributed by atoms with Crippen LogP contribution in [0.4, 0.5) is 0 Å². The zero-order chi connectivity index (χ0) is 20.7. The van der Waals surface area contributed by atoms with Crippen LogP contribution in [0.2, 0.25) is 0 Å². The lowest BCUT2D eigenvalue weighted by Gasteiger charge is -2.56. The Balaban J connectivity index is 1.37. The van der Waals surface area contributed by atoms with E-state index in [9.17, 15) is 9.59 Å². The van der Waals surface area contributed by atoms with Crippen LogP contribution in [0, 0.1) is 11.8 Å². The first-order valence-electron chi connectivity index (χ1n) is 11.1. The highest BCUT2D eigenvalue weighted by atomic mass is 16.7. The van der Waals surface area contributed by atoms with Crippen molar-refractivity contribution in [2.24, 2.45) is 11.8 Å². The van der Waals surface area contributed by atoms with Crippen molar-refractivity contribution in [3.8, 4) is 0 Å². The summed E-state index contributed by atoms with van der Waals surface area (Å²) in [6.45, 7) is 4.26. The van der Waals surface area contributed by atoms with Crippen LogP contribution in [0.3, 0.4) is 0 Å². The Hall–Kier alpha value is -1.90. The van der Waals surface area contributed by atoms with Gasteiger partial charge in [-0.05, 0) is 31.2 Å². The number of amides is 2. The van der Waals surface area contributed by atoms with Gasteiger partial charge in [0.2, 0.25) is 11.8 Å². The Kier molecular flexibility index (Phi) is 5.56. The van der Waals surface area contributed by atoms with E-state index in [0.29, 0.717) is 32.1 Å². The van der Waals surface area contributed by atoms with E-state index in [1.54, 1.807) is 17.4 Å². The number of piperidine rings is 3. The molecule has 1 aromatic rings. The van der Waals surface area contributed by atoms with Crippen LogP contribution >= 0.6 is 0 Å². The van der Waals surface area contributed by atoms with Gasteiger partial charge >= 0.3 is 0 Å². The van der Waals surface area contributed by atoms with E-state index in [-0.39, 0.29) is 36.1 Å². The fourth-order valence-electron chi connectivity index (χ4n) is 5.90. The van der Waals surface area contributed by atoms with Gasteiger partial charge in [0, 0.05) is 57.2 Å². The lowest BCUT2D eigenvalue weighted by Crippen LogP contribution is -2.68. The lowest BCUT2D eigenvalue weighted by atomic mass is 9.71. The number of nitrogens with zero attached hydrogens (tertiary/aromatic N) is 3. The molecular formula is C22H31N3O5. The molecule has 0 aromatic carbocycles. The smallest absolute Gasteiger partial charge is 0.245 e. The third-order valence-corrected chi connectivity index (χ3v) is 7.14. The van der Waals surface area contributed by atoms with Gasteiger partial charge in [-0.15, -0.1) is 0 Å². The van der Waals surface area contributed by atoms with Crippen LogP contribution in [-0.4, -0.2) is 84.8 Å². The van der Waals surface area contributed by atoms with E-state index in [2.05, 4.69) is 4.90 Å². The molecule has 4 aliphatic rings. The number of likely N-dealkylation sites (N-methyl/N-ethyl adjacent to an activating group) is 1. The van der Waals surface area contributed by atoms with Gasteiger partial charge in [0.1, 0.15) is 6.04 Å². The number of fused-ring (bicyclic) bond motifs is 4. The summed E-state index contributed by atoms with van der Waals surface area (Å²) in [6, 6.07) is 1.65. The van der Waals surface area contributed by atoms with E-state index in [0.717, 1.165) is 44.5 Å². The minimum atomic E-state index is -0.385. The molecule has 4 atom stereocenters. The molecule has 5 heterocycles. The first-order valence-corrected chi connectivity index (χ1v) is 11.1. The highest BCUT2D eigenvalue weighted by Gasteiger charge is 2.52. The number of ether oxygens (including phenoxy) is 2. The Bertz CT molecular complexity index is 763. The molecule has 0 radical (unpaired) electrons. The minimum Gasteiger partial charge on any atom is -0.472 e. The highest BCUT2D eigenvalue weighted by Crippen LogP contribution is 2.42. The van der Waals surface area contributed by atoms with Crippen LogP contribution < -0.4 is 0 Å². The third kappa shape index (κ3) is 3.76. The number of carbonyl (C=O) groups is 2. The fraction of sp³-hybridized carbons (Fsp3) is 0.727. The second-order valence-corrected chi connectivity index (χ2v) is 9.18. The summed E-state index contributed by atoms with van der Waals surface area (Å²) in [5, 5.41) is 0. The molecular weight excluding hydrogens is 386 g/mol. The summed E-state index contributed by atoms with van der Waals surface area (Å²) in [4.78, 5) is 32.7. The van der Waals surface area contributed by atoms with Crippen LogP contribution in [-0.2, 0) is 25.6 Å². The van der Waals surface area contributed by atoms with Gasteiger partial charge in [0.25, 0.3) is 0 Å². The molecule has 0 unspecified atom stereocenters. The van der Waals surface area contributed by atoms with E-state index in [4.69, 9.17) is 13.9 Å². The maximum atomic E-state index is 13.6. The van der Waals surface area contributed by atoms with Gasteiger partial charge in [0.05, 0.1) is 25.7 Å². The summed E-state index contributed by atoms with van der Waals surface area (Å²) < 4.78 is 16.5. The Labute approximate surface area is 177 Å². The van der Waals surface area contributed by atoms with Crippen molar-refractivity contribution in [1.29, 1.82) is 0 Å². The van der Waals surface area contributed by atoms with Gasteiger partial charge < -0.3 is 23.7 Å². The standard InChI is InChI=1S/C22H31N3O5/c1-23(10-15-5-6-28-14-15)22(27)21-17-9-16(18-3-2-4-19(26)25(18)21)11-24(12-17)13-20-29-7-8-30-20/h5-6,14,16-18,20-21H,2-4,7-13H2,1H3/t16-,17+,18+,21-/m1/s1. The number of rotatable bonds is 5. The maximum Gasteiger partial charge on any atom is 0.245 e. The van der Waals surface area contributed by atoms with Crippen LogP contribution in [0.15, 0.2) is 23.0 Å². The van der Waals surface area contributed by atoms with E-state index >= 15 is 0 Å². The highest BCUT2D eigenvalue weighted by molar-refractivity contribution is 5.89. The first kappa shape index (κ1) is 20.0. The summed E-state index contributed by atoms with van der Waals surface area (Å²) in [7, 11) is 1.83. The molecule has 164 valence electrons. The van der Waals surface area contributed by atoms with Gasteiger partial charge in [0.15, 0.2) is 6.29 Å². The zero-order valence-corrected chi connectivity index (χ0v) is 17.6. The van der Waals surface area contributed by atoms with Gasteiger partial charge in [-0.2, -0.15) is 0 Å².